The van der Waals surface area contributed by atoms with Crippen molar-refractivity contribution in [2.24, 2.45) is 0 Å². The summed E-state index contributed by atoms with van der Waals surface area (Å²) in [6, 6.07) is 3.27. The molecule has 0 bridgehead atoms. The third-order valence-electron chi connectivity index (χ3n) is 3.32. The molecule has 0 aliphatic heterocycles. The van der Waals surface area contributed by atoms with Gasteiger partial charge in [-0.05, 0) is 43.3 Å². The number of nitrogens with zero attached hydrogens (tertiary/aromatic N) is 1. The molecule has 1 heterocycles. The summed E-state index contributed by atoms with van der Waals surface area (Å²) >= 11 is 5.21. The molecule has 0 fully saturated rings. The number of carbonyl (C=O) groups excluding carboxylic acids is 1. The minimum absolute atomic E-state index is 0.235. The predicted octanol–water partition coefficient (Wildman–Crippen LogP) is 4.00. The first-order valence-corrected chi connectivity index (χ1v) is 7.32. The van der Waals surface area contributed by atoms with Crippen LogP contribution < -0.4 is 0 Å². The Kier molecular flexibility index (Phi) is 5.07. The van der Waals surface area contributed by atoms with E-state index in [-0.39, 0.29) is 12.3 Å². The average molecular weight is 326 g/mol. The molecule has 0 saturated carbocycles. The van der Waals surface area contributed by atoms with Gasteiger partial charge in [0.2, 0.25) is 0 Å². The zero-order valence-corrected chi connectivity index (χ0v) is 13.0. The summed E-state index contributed by atoms with van der Waals surface area (Å²) in [6.07, 6.45) is 2.01. The first-order chi connectivity index (χ1) is 10.5. The van der Waals surface area contributed by atoms with Gasteiger partial charge in [-0.1, -0.05) is 13.0 Å². The van der Waals surface area contributed by atoms with Gasteiger partial charge in [-0.2, -0.15) is 0 Å². The highest BCUT2D eigenvalue weighted by molar-refractivity contribution is 7.71. The number of aromatic amines is 1. The lowest BCUT2D eigenvalue weighted by Crippen LogP contribution is -2.18. The molecule has 7 heteroatoms. The number of nitrogens with one attached hydrogen (secondary N) is 1. The lowest BCUT2D eigenvalue weighted by atomic mass is 10.0. The van der Waals surface area contributed by atoms with Gasteiger partial charge in [0, 0.05) is 6.20 Å². The standard InChI is InChI=1S/C15H16F2N2O2S/c1-3-12(9-5-6-10(16)11(17)7-9)19-13(8-18-15(19)22)14(20)21-4-2/h5-8,12H,3-4H2,1-2H3,(H,18,22). The van der Waals surface area contributed by atoms with Crippen LogP contribution in [0, 0.1) is 16.4 Å². The lowest BCUT2D eigenvalue weighted by Gasteiger charge is -2.19. The Bertz CT molecular complexity index is 739. The highest BCUT2D eigenvalue weighted by Gasteiger charge is 2.22. The van der Waals surface area contributed by atoms with E-state index in [2.05, 4.69) is 4.98 Å². The SMILES string of the molecule is CCOC(=O)c1c[nH]c(=S)n1C(CC)c1ccc(F)c(F)c1. The normalized spacial score (nSPS) is 12.2. The van der Waals surface area contributed by atoms with Gasteiger partial charge in [0.15, 0.2) is 16.4 Å². The molecule has 0 aliphatic carbocycles. The molecule has 1 aromatic heterocycles. The number of halogens is 2. The van der Waals surface area contributed by atoms with Gasteiger partial charge in [0.1, 0.15) is 5.69 Å². The summed E-state index contributed by atoms with van der Waals surface area (Å²) in [5.74, 6) is -2.37. The number of H-pyrrole nitrogens is 1. The Morgan fingerprint density at radius 1 is 1.36 bits per heavy atom. The fourth-order valence-corrected chi connectivity index (χ4v) is 2.62. The van der Waals surface area contributed by atoms with Crippen molar-refractivity contribution in [3.63, 3.8) is 0 Å². The highest BCUT2D eigenvalue weighted by Crippen LogP contribution is 2.26. The summed E-state index contributed by atoms with van der Waals surface area (Å²) in [5.41, 5.74) is 0.783. The molecule has 2 rings (SSSR count). The van der Waals surface area contributed by atoms with Crippen LogP contribution in [0.15, 0.2) is 24.4 Å². The third-order valence-corrected chi connectivity index (χ3v) is 3.64. The van der Waals surface area contributed by atoms with E-state index in [1.54, 1.807) is 11.5 Å². The van der Waals surface area contributed by atoms with Crippen molar-refractivity contribution in [3.05, 3.63) is 52.1 Å². The van der Waals surface area contributed by atoms with Crippen LogP contribution in [0.25, 0.3) is 0 Å². The molecule has 1 unspecified atom stereocenters. The number of esters is 1. The molecule has 2 aromatic rings. The average Bonchev–Trinajstić information content (AvgIpc) is 2.86. The Morgan fingerprint density at radius 3 is 2.68 bits per heavy atom. The van der Waals surface area contributed by atoms with Gasteiger partial charge < -0.3 is 14.3 Å². The topological polar surface area (TPSA) is 47.0 Å². The Hall–Kier alpha value is -2.02. The smallest absolute Gasteiger partial charge is 0.356 e. The molecule has 0 radical (unpaired) electrons. The number of aromatic nitrogens is 2. The molecule has 1 aromatic carbocycles. The van der Waals surface area contributed by atoms with Crippen LogP contribution in [0.4, 0.5) is 8.78 Å². The molecule has 1 N–H and O–H groups in total. The molecule has 0 spiro atoms. The second-order valence-electron chi connectivity index (χ2n) is 4.67. The quantitative estimate of drug-likeness (QED) is 0.667. The fourth-order valence-electron chi connectivity index (χ4n) is 2.34. The summed E-state index contributed by atoms with van der Waals surface area (Å²) in [6.45, 7) is 3.81. The van der Waals surface area contributed by atoms with Gasteiger partial charge in [0.05, 0.1) is 12.6 Å². The molecule has 22 heavy (non-hydrogen) atoms. The molecule has 0 amide bonds. The first kappa shape index (κ1) is 16.4. The van der Waals surface area contributed by atoms with Crippen molar-refractivity contribution in [3.8, 4) is 0 Å². The zero-order valence-electron chi connectivity index (χ0n) is 12.2. The van der Waals surface area contributed by atoms with Crippen LogP contribution >= 0.6 is 12.2 Å². The van der Waals surface area contributed by atoms with Crippen molar-refractivity contribution < 1.29 is 18.3 Å². The molecule has 0 aliphatic rings. The van der Waals surface area contributed by atoms with E-state index >= 15 is 0 Å². The highest BCUT2D eigenvalue weighted by atomic mass is 32.1. The lowest BCUT2D eigenvalue weighted by molar-refractivity contribution is 0.0512. The maximum Gasteiger partial charge on any atom is 0.356 e. The van der Waals surface area contributed by atoms with Crippen LogP contribution in [-0.4, -0.2) is 22.1 Å². The molecular formula is C15H16F2N2O2S. The van der Waals surface area contributed by atoms with Crippen LogP contribution in [0.2, 0.25) is 0 Å². The van der Waals surface area contributed by atoms with E-state index in [1.807, 2.05) is 6.92 Å². The van der Waals surface area contributed by atoms with Crippen LogP contribution in [0.1, 0.15) is 42.4 Å². The Balaban J connectivity index is 2.51. The molecular weight excluding hydrogens is 310 g/mol. The minimum Gasteiger partial charge on any atom is -0.461 e. The Morgan fingerprint density at radius 2 is 2.09 bits per heavy atom. The van der Waals surface area contributed by atoms with E-state index in [0.29, 0.717) is 16.8 Å². The monoisotopic (exact) mass is 326 g/mol. The van der Waals surface area contributed by atoms with Crippen molar-refractivity contribution in [1.82, 2.24) is 9.55 Å². The van der Waals surface area contributed by atoms with Crippen LogP contribution in [0.3, 0.4) is 0 Å². The maximum absolute atomic E-state index is 13.5. The maximum atomic E-state index is 13.5. The molecule has 1 atom stereocenters. The van der Waals surface area contributed by atoms with Crippen molar-refractivity contribution in [1.29, 1.82) is 0 Å². The molecule has 0 saturated heterocycles. The van der Waals surface area contributed by atoms with E-state index in [9.17, 15) is 13.6 Å². The van der Waals surface area contributed by atoms with Gasteiger partial charge in [-0.3, -0.25) is 0 Å². The van der Waals surface area contributed by atoms with Crippen molar-refractivity contribution >= 4 is 18.2 Å². The summed E-state index contributed by atoms with van der Waals surface area (Å²) in [5, 5.41) is 0. The van der Waals surface area contributed by atoms with Gasteiger partial charge in [0.25, 0.3) is 0 Å². The van der Waals surface area contributed by atoms with Crippen LogP contribution in [-0.2, 0) is 4.74 Å². The van der Waals surface area contributed by atoms with Crippen molar-refractivity contribution in [2.45, 2.75) is 26.3 Å². The van der Waals surface area contributed by atoms with E-state index in [4.69, 9.17) is 17.0 Å². The number of hydrogen-bond donors (Lipinski definition) is 1. The first-order valence-electron chi connectivity index (χ1n) is 6.91. The number of imidazole rings is 1. The third kappa shape index (κ3) is 3.09. The number of benzene rings is 1. The van der Waals surface area contributed by atoms with Crippen molar-refractivity contribution in [2.75, 3.05) is 6.61 Å². The minimum atomic E-state index is -0.935. The molecule has 4 nitrogen and oxygen atoms in total. The van der Waals surface area contributed by atoms with E-state index in [0.717, 1.165) is 12.1 Å². The fraction of sp³-hybridized carbons (Fsp3) is 0.333. The number of rotatable bonds is 5. The number of carbonyl (C=O) groups is 1. The zero-order chi connectivity index (χ0) is 16.3. The summed E-state index contributed by atoms with van der Waals surface area (Å²) in [7, 11) is 0. The van der Waals surface area contributed by atoms with E-state index in [1.165, 1.54) is 12.3 Å². The molecule has 118 valence electrons. The second-order valence-corrected chi connectivity index (χ2v) is 5.05. The van der Waals surface area contributed by atoms with Gasteiger partial charge in [-0.25, -0.2) is 13.6 Å². The Labute approximate surface area is 131 Å². The van der Waals surface area contributed by atoms with Gasteiger partial charge in [-0.15, -0.1) is 0 Å². The second kappa shape index (κ2) is 6.83. The largest absolute Gasteiger partial charge is 0.461 e. The number of ether oxygens (including phenoxy) is 1. The number of hydrogen-bond acceptors (Lipinski definition) is 3. The summed E-state index contributed by atoms with van der Waals surface area (Å²) in [4.78, 5) is 14.8. The summed E-state index contributed by atoms with van der Waals surface area (Å²) < 4.78 is 33.5. The van der Waals surface area contributed by atoms with Gasteiger partial charge >= 0.3 is 5.97 Å². The predicted molar refractivity (Wildman–Crippen MR) is 80.4 cm³/mol. The van der Waals surface area contributed by atoms with E-state index < -0.39 is 23.6 Å². The van der Waals surface area contributed by atoms with Crippen LogP contribution in [0.5, 0.6) is 0 Å².